The van der Waals surface area contributed by atoms with E-state index in [0.717, 1.165) is 0 Å². The Kier molecular flexibility index (Phi) is 148. The first-order valence-corrected chi connectivity index (χ1v) is 1.02. The molecule has 4 nitrogen and oxygen atoms in total. The molecule has 0 radical (unpaired) electrons. The molecular weight excluding hydrogens is 145 g/mol. The number of nitriles is 2. The van der Waals surface area contributed by atoms with Crippen molar-refractivity contribution in [1.29, 1.82) is 10.5 Å². The van der Waals surface area contributed by atoms with Gasteiger partial charge in [0.05, 0.1) is 0 Å². The molecule has 0 fully saturated rings. The van der Waals surface area contributed by atoms with E-state index in [4.69, 9.17) is 10.5 Å². The molecule has 0 heterocycles. The van der Waals surface area contributed by atoms with E-state index in [1.165, 1.54) is 12.4 Å². The first kappa shape index (κ1) is 16.4. The number of nitrogens with two attached hydrogens (primary N) is 2. The Morgan fingerprint density at radius 2 is 1.00 bits per heavy atom. The Bertz CT molecular complexity index is 64.7. The summed E-state index contributed by atoms with van der Waals surface area (Å²) in [5.74, 6) is 0. The molecule has 32 valence electrons. The molecule has 0 aliphatic rings. The van der Waals surface area contributed by atoms with E-state index >= 15 is 0 Å². The quantitative estimate of drug-likeness (QED) is 0.258. The molecule has 0 aliphatic carbocycles. The fourth-order valence-corrected chi connectivity index (χ4v) is 0. The van der Waals surface area contributed by atoms with Crippen molar-refractivity contribution in [2.24, 2.45) is 11.5 Å². The zero-order chi connectivity index (χ0) is 5.41. The van der Waals surface area contributed by atoms with Crippen LogP contribution in [0.15, 0.2) is 0 Å². The molecule has 7 heavy (non-hydrogen) atoms. The van der Waals surface area contributed by atoms with E-state index < -0.39 is 0 Å². The third-order valence-corrected chi connectivity index (χ3v) is 0. The van der Waals surface area contributed by atoms with Crippen molar-refractivity contribution in [3.63, 3.8) is 0 Å². The molecule has 0 rings (SSSR count). The van der Waals surface area contributed by atoms with E-state index in [9.17, 15) is 0 Å². The maximum absolute atomic E-state index is 7.10. The topological polar surface area (TPSA) is 99.6 Å². The van der Waals surface area contributed by atoms with Crippen LogP contribution in [0.1, 0.15) is 0 Å². The van der Waals surface area contributed by atoms with Crippen molar-refractivity contribution < 1.29 is 19.5 Å². The average Bonchev–Trinajstić information content (AvgIpc) is 1.39. The molecule has 0 saturated carbocycles. The monoisotopic (exact) mass is 148 g/mol. The zero-order valence-corrected chi connectivity index (χ0v) is 6.72. The summed E-state index contributed by atoms with van der Waals surface area (Å²) in [5.41, 5.74) is 8.31. The van der Waals surface area contributed by atoms with Gasteiger partial charge in [-0.15, -0.1) is 0 Å². The molecular formula is C2H4N4Zn+2. The van der Waals surface area contributed by atoms with Crippen molar-refractivity contribution in [3.05, 3.63) is 0 Å². The molecule has 0 aromatic carbocycles. The molecule has 0 atom stereocenters. The smallest absolute Gasteiger partial charge is 0.337 e. The number of hydrogen-bond donors (Lipinski definition) is 2. The number of rotatable bonds is 0. The first-order chi connectivity index (χ1) is 2.83. The van der Waals surface area contributed by atoms with Gasteiger partial charge in [-0.25, -0.2) is 0 Å². The van der Waals surface area contributed by atoms with Crippen molar-refractivity contribution in [3.8, 4) is 12.4 Å². The van der Waals surface area contributed by atoms with Gasteiger partial charge in [0.25, 0.3) is 0 Å². The van der Waals surface area contributed by atoms with E-state index in [1.54, 1.807) is 0 Å². The van der Waals surface area contributed by atoms with Crippen LogP contribution in [0, 0.1) is 22.9 Å². The van der Waals surface area contributed by atoms with Crippen LogP contribution in [0.5, 0.6) is 0 Å². The van der Waals surface area contributed by atoms with Gasteiger partial charge in [0.15, 0.2) is 12.4 Å². The van der Waals surface area contributed by atoms with Crippen LogP contribution in [-0.2, 0) is 19.5 Å². The minimum atomic E-state index is 0. The summed E-state index contributed by atoms with van der Waals surface area (Å²) in [7, 11) is 0. The van der Waals surface area contributed by atoms with Gasteiger partial charge < -0.3 is 11.5 Å². The second-order valence-corrected chi connectivity index (χ2v) is 0.258. The minimum Gasteiger partial charge on any atom is -0.337 e. The van der Waals surface area contributed by atoms with Crippen molar-refractivity contribution in [1.82, 2.24) is 0 Å². The summed E-state index contributed by atoms with van der Waals surface area (Å²) in [5, 5.41) is 14.2. The molecule has 0 amide bonds. The predicted molar refractivity (Wildman–Crippen MR) is 19.6 cm³/mol. The van der Waals surface area contributed by atoms with E-state index in [1.807, 2.05) is 0 Å². The maximum Gasteiger partial charge on any atom is 2.00 e. The Hall–Kier alpha value is -0.797. The van der Waals surface area contributed by atoms with Crippen LogP contribution >= 0.6 is 0 Å². The molecule has 0 saturated heterocycles. The van der Waals surface area contributed by atoms with E-state index in [2.05, 4.69) is 11.5 Å². The summed E-state index contributed by atoms with van der Waals surface area (Å²) in [6, 6.07) is 0. The predicted octanol–water partition coefficient (Wildman–Crippen LogP) is -1.15. The van der Waals surface area contributed by atoms with Crippen LogP contribution in [0.4, 0.5) is 0 Å². The van der Waals surface area contributed by atoms with Crippen LogP contribution in [0.25, 0.3) is 0 Å². The SMILES string of the molecule is N#CN.N#CN.[Zn+2]. The minimum absolute atomic E-state index is 0. The molecule has 5 heteroatoms. The Morgan fingerprint density at radius 1 is 1.00 bits per heavy atom. The van der Waals surface area contributed by atoms with Crippen LogP contribution in [0.2, 0.25) is 0 Å². The van der Waals surface area contributed by atoms with Gasteiger partial charge in [-0.05, 0) is 0 Å². The Balaban J connectivity index is -0.0000000400. The fraction of sp³-hybridized carbons (Fsp3) is 0. The molecule has 0 aromatic heterocycles. The van der Waals surface area contributed by atoms with Gasteiger partial charge in [0, 0.05) is 0 Å². The normalized spacial score (nSPS) is 2.00. The van der Waals surface area contributed by atoms with Crippen LogP contribution < -0.4 is 11.5 Å². The second-order valence-electron chi connectivity index (χ2n) is 0.258. The molecule has 0 aliphatic heterocycles. The second kappa shape index (κ2) is 63.5. The van der Waals surface area contributed by atoms with Gasteiger partial charge in [-0.1, -0.05) is 0 Å². The largest absolute Gasteiger partial charge is 2.00 e. The fourth-order valence-electron chi connectivity index (χ4n) is 0. The molecule has 0 unspecified atom stereocenters. The maximum atomic E-state index is 7.10. The summed E-state index contributed by atoms with van der Waals surface area (Å²) < 4.78 is 0. The van der Waals surface area contributed by atoms with Crippen LogP contribution in [-0.4, -0.2) is 0 Å². The molecule has 0 aromatic rings. The third kappa shape index (κ3) is 84.1. The summed E-state index contributed by atoms with van der Waals surface area (Å²) in [6.07, 6.45) is 2.50. The van der Waals surface area contributed by atoms with Gasteiger partial charge in [0.2, 0.25) is 0 Å². The van der Waals surface area contributed by atoms with Gasteiger partial charge in [-0.3, -0.25) is 0 Å². The zero-order valence-electron chi connectivity index (χ0n) is 3.76. The van der Waals surface area contributed by atoms with E-state index in [0.29, 0.717) is 0 Å². The van der Waals surface area contributed by atoms with Crippen LogP contribution in [0.3, 0.4) is 0 Å². The molecule has 4 N–H and O–H groups in total. The van der Waals surface area contributed by atoms with Gasteiger partial charge in [0.1, 0.15) is 0 Å². The summed E-state index contributed by atoms with van der Waals surface area (Å²) >= 11 is 0. The standard InChI is InChI=1S/2CH2N2.Zn/c2*2-1-3;/h2*2H2;/q;;+2. The third-order valence-electron chi connectivity index (χ3n) is 0. The Labute approximate surface area is 54.5 Å². The number of hydrogen-bond acceptors (Lipinski definition) is 4. The van der Waals surface area contributed by atoms with E-state index in [-0.39, 0.29) is 19.5 Å². The van der Waals surface area contributed by atoms with Gasteiger partial charge in [-0.2, -0.15) is 10.5 Å². The van der Waals surface area contributed by atoms with Crippen molar-refractivity contribution in [2.45, 2.75) is 0 Å². The first-order valence-electron chi connectivity index (χ1n) is 1.02. The number of nitrogens with zero attached hydrogens (tertiary/aromatic N) is 2. The summed E-state index contributed by atoms with van der Waals surface area (Å²) in [6.45, 7) is 0. The molecule has 0 bridgehead atoms. The van der Waals surface area contributed by atoms with Crippen molar-refractivity contribution >= 4 is 0 Å². The summed E-state index contributed by atoms with van der Waals surface area (Å²) in [4.78, 5) is 0. The van der Waals surface area contributed by atoms with Crippen molar-refractivity contribution in [2.75, 3.05) is 0 Å². The van der Waals surface area contributed by atoms with Gasteiger partial charge >= 0.3 is 19.5 Å². The average molecular weight is 149 g/mol. The molecule has 0 spiro atoms. The Morgan fingerprint density at radius 3 is 1.00 bits per heavy atom.